The first-order valence-corrected chi connectivity index (χ1v) is 7.35. The summed E-state index contributed by atoms with van der Waals surface area (Å²) in [6.45, 7) is 1.96. The van der Waals surface area contributed by atoms with E-state index in [1.165, 1.54) is 0 Å². The average Bonchev–Trinajstić information content (AvgIpc) is 2.86. The topological polar surface area (TPSA) is 72.2 Å². The second kappa shape index (κ2) is 4.22. The van der Waals surface area contributed by atoms with Crippen LogP contribution >= 0.6 is 15.9 Å². The number of hydrogen-bond acceptors (Lipinski definition) is 3. The third-order valence-corrected chi connectivity index (χ3v) is 5.21. The van der Waals surface area contributed by atoms with Crippen molar-refractivity contribution in [3.63, 3.8) is 0 Å². The van der Waals surface area contributed by atoms with Crippen molar-refractivity contribution in [1.29, 1.82) is 0 Å². The molecule has 1 saturated carbocycles. The number of nitrogen functional groups attached to an aromatic ring is 1. The van der Waals surface area contributed by atoms with Crippen molar-refractivity contribution >= 4 is 31.6 Å². The molecule has 0 radical (unpaired) electrons. The molecule has 0 bridgehead atoms. The first-order chi connectivity index (χ1) is 7.81. The van der Waals surface area contributed by atoms with Gasteiger partial charge in [-0.05, 0) is 40.4 Å². The van der Waals surface area contributed by atoms with Crippen LogP contribution in [0.15, 0.2) is 21.5 Å². The van der Waals surface area contributed by atoms with E-state index in [0.29, 0.717) is 5.92 Å². The number of nitrogens with two attached hydrogens (primary N) is 1. The molecule has 0 spiro atoms. The molecule has 1 fully saturated rings. The highest BCUT2D eigenvalue weighted by Crippen LogP contribution is 2.33. The minimum absolute atomic E-state index is 0.0295. The van der Waals surface area contributed by atoms with E-state index in [9.17, 15) is 12.8 Å². The normalized spacial score (nSPS) is 23.7. The smallest absolute Gasteiger partial charge is 0.242 e. The highest BCUT2D eigenvalue weighted by Gasteiger charge is 2.37. The van der Waals surface area contributed by atoms with E-state index in [1.54, 1.807) is 0 Å². The lowest BCUT2D eigenvalue weighted by Crippen LogP contribution is -2.27. The summed E-state index contributed by atoms with van der Waals surface area (Å²) in [5, 5.41) is 0. The van der Waals surface area contributed by atoms with Crippen LogP contribution in [0.3, 0.4) is 0 Å². The van der Waals surface area contributed by atoms with Gasteiger partial charge < -0.3 is 5.73 Å². The van der Waals surface area contributed by atoms with Gasteiger partial charge in [0.25, 0.3) is 0 Å². The van der Waals surface area contributed by atoms with E-state index in [2.05, 4.69) is 20.7 Å². The Kier molecular flexibility index (Phi) is 3.17. The van der Waals surface area contributed by atoms with Crippen molar-refractivity contribution in [2.45, 2.75) is 24.3 Å². The lowest BCUT2D eigenvalue weighted by Gasteiger charge is -2.09. The number of halogens is 2. The van der Waals surface area contributed by atoms with E-state index in [4.69, 9.17) is 5.73 Å². The molecule has 2 atom stereocenters. The Bertz CT molecular complexity index is 562. The van der Waals surface area contributed by atoms with Gasteiger partial charge in [0.2, 0.25) is 10.0 Å². The number of rotatable bonds is 3. The third-order valence-electron chi connectivity index (χ3n) is 2.76. The fourth-order valence-electron chi connectivity index (χ4n) is 1.50. The molecule has 1 aromatic rings. The van der Waals surface area contributed by atoms with Crippen LogP contribution in [0.5, 0.6) is 0 Å². The minimum Gasteiger partial charge on any atom is -0.396 e. The summed E-state index contributed by atoms with van der Waals surface area (Å²) in [6, 6.07) is 2.15. The highest BCUT2D eigenvalue weighted by atomic mass is 79.9. The van der Waals surface area contributed by atoms with Gasteiger partial charge in [0.15, 0.2) is 0 Å². The Morgan fingerprint density at radius 1 is 1.53 bits per heavy atom. The Hall–Kier alpha value is -0.660. The maximum absolute atomic E-state index is 13.1. The molecule has 1 aromatic carbocycles. The lowest BCUT2D eigenvalue weighted by atomic mass is 10.3. The van der Waals surface area contributed by atoms with Crippen LogP contribution in [0.25, 0.3) is 0 Å². The first-order valence-electron chi connectivity index (χ1n) is 5.08. The second-order valence-electron chi connectivity index (χ2n) is 4.24. The largest absolute Gasteiger partial charge is 0.396 e. The van der Waals surface area contributed by atoms with Gasteiger partial charge in [0.1, 0.15) is 5.82 Å². The molecular formula is C10H12BrFN2O2S. The number of nitrogens with one attached hydrogen (secondary N) is 1. The Morgan fingerprint density at radius 2 is 2.12 bits per heavy atom. The van der Waals surface area contributed by atoms with Crippen molar-refractivity contribution < 1.29 is 12.8 Å². The quantitative estimate of drug-likeness (QED) is 0.834. The van der Waals surface area contributed by atoms with Crippen molar-refractivity contribution in [2.24, 2.45) is 5.92 Å². The van der Waals surface area contributed by atoms with Gasteiger partial charge in [-0.2, -0.15) is 0 Å². The molecule has 94 valence electrons. The van der Waals surface area contributed by atoms with Gasteiger partial charge in [-0.15, -0.1) is 0 Å². The fourth-order valence-corrected chi connectivity index (χ4v) is 3.91. The van der Waals surface area contributed by atoms with E-state index < -0.39 is 15.8 Å². The summed E-state index contributed by atoms with van der Waals surface area (Å²) in [7, 11) is -3.64. The molecule has 2 rings (SSSR count). The van der Waals surface area contributed by atoms with Crippen LogP contribution in [0.2, 0.25) is 0 Å². The molecule has 0 aliphatic heterocycles. The predicted molar refractivity (Wildman–Crippen MR) is 66.4 cm³/mol. The van der Waals surface area contributed by atoms with Crippen LogP contribution < -0.4 is 10.5 Å². The zero-order valence-electron chi connectivity index (χ0n) is 9.07. The lowest BCUT2D eigenvalue weighted by molar-refractivity contribution is 0.577. The predicted octanol–water partition coefficient (Wildman–Crippen LogP) is 1.86. The summed E-state index contributed by atoms with van der Waals surface area (Å²) < 4.78 is 39.8. The number of benzene rings is 1. The first kappa shape index (κ1) is 12.8. The summed E-state index contributed by atoms with van der Waals surface area (Å²) >= 11 is 3.03. The molecule has 3 N–H and O–H groups in total. The van der Waals surface area contributed by atoms with Crippen molar-refractivity contribution in [3.8, 4) is 0 Å². The van der Waals surface area contributed by atoms with E-state index in [0.717, 1.165) is 18.6 Å². The second-order valence-corrected chi connectivity index (χ2v) is 6.78. The zero-order valence-corrected chi connectivity index (χ0v) is 11.5. The molecular weight excluding hydrogens is 311 g/mol. The maximum atomic E-state index is 13.1. The minimum atomic E-state index is -3.64. The molecule has 7 heteroatoms. The van der Waals surface area contributed by atoms with Crippen molar-refractivity contribution in [2.75, 3.05) is 5.73 Å². The molecule has 0 aromatic heterocycles. The summed E-state index contributed by atoms with van der Waals surface area (Å²) in [6.07, 6.45) is 0.827. The Labute approximate surface area is 108 Å². The van der Waals surface area contributed by atoms with E-state index in [1.807, 2.05) is 6.92 Å². The summed E-state index contributed by atoms with van der Waals surface area (Å²) in [5.41, 5.74) is 5.19. The molecule has 1 aliphatic rings. The SMILES string of the molecule is CC1CC1NS(=O)(=O)c1cc(N)c(F)cc1Br. The highest BCUT2D eigenvalue weighted by molar-refractivity contribution is 9.10. The Morgan fingerprint density at radius 3 is 2.65 bits per heavy atom. The molecule has 2 unspecified atom stereocenters. The van der Waals surface area contributed by atoms with Gasteiger partial charge in [-0.3, -0.25) is 0 Å². The number of sulfonamides is 1. The van der Waals surface area contributed by atoms with E-state index >= 15 is 0 Å². The molecule has 17 heavy (non-hydrogen) atoms. The Balaban J connectivity index is 2.35. The molecule has 1 aliphatic carbocycles. The molecule has 4 nitrogen and oxygen atoms in total. The monoisotopic (exact) mass is 322 g/mol. The van der Waals surface area contributed by atoms with Crippen LogP contribution in [0.4, 0.5) is 10.1 Å². The van der Waals surface area contributed by atoms with Crippen molar-refractivity contribution in [1.82, 2.24) is 4.72 Å². The molecule has 0 heterocycles. The van der Waals surface area contributed by atoms with Crippen LogP contribution in [0, 0.1) is 11.7 Å². The van der Waals surface area contributed by atoms with Crippen molar-refractivity contribution in [3.05, 3.63) is 22.4 Å². The molecule has 0 amide bonds. The standard InChI is InChI=1S/C10H12BrFN2O2S/c1-5-2-9(5)14-17(15,16)10-4-8(13)7(12)3-6(10)11/h3-5,9,14H,2,13H2,1H3. The average molecular weight is 323 g/mol. The van der Waals surface area contributed by atoms with Gasteiger partial charge in [-0.1, -0.05) is 6.92 Å². The third kappa shape index (κ3) is 2.61. The molecule has 0 saturated heterocycles. The number of anilines is 1. The van der Waals surface area contributed by atoms with Gasteiger partial charge in [0.05, 0.1) is 10.6 Å². The number of hydrogen-bond donors (Lipinski definition) is 2. The van der Waals surface area contributed by atoms with Crippen LogP contribution in [0.1, 0.15) is 13.3 Å². The fraction of sp³-hybridized carbons (Fsp3) is 0.400. The summed E-state index contributed by atoms with van der Waals surface area (Å²) in [5.74, 6) is -0.294. The zero-order chi connectivity index (χ0) is 12.8. The van der Waals surface area contributed by atoms with Crippen LogP contribution in [-0.4, -0.2) is 14.5 Å². The maximum Gasteiger partial charge on any atom is 0.242 e. The van der Waals surface area contributed by atoms with Gasteiger partial charge in [0, 0.05) is 10.5 Å². The van der Waals surface area contributed by atoms with Gasteiger partial charge in [-0.25, -0.2) is 17.5 Å². The van der Waals surface area contributed by atoms with Gasteiger partial charge >= 0.3 is 0 Å². The summed E-state index contributed by atoms with van der Waals surface area (Å²) in [4.78, 5) is -0.0319. The van der Waals surface area contributed by atoms with Crippen LogP contribution in [-0.2, 0) is 10.0 Å². The van der Waals surface area contributed by atoms with E-state index in [-0.39, 0.29) is 21.1 Å².